The third kappa shape index (κ3) is 5.83. The molecule has 0 N–H and O–H groups in total. The van der Waals surface area contributed by atoms with E-state index in [2.05, 4.69) is 10.2 Å². The van der Waals surface area contributed by atoms with Gasteiger partial charge in [0.1, 0.15) is 0 Å². The van der Waals surface area contributed by atoms with Crippen molar-refractivity contribution in [1.82, 2.24) is 10.2 Å². The summed E-state index contributed by atoms with van der Waals surface area (Å²) in [4.78, 5) is 1.83. The van der Waals surface area contributed by atoms with E-state index in [0.29, 0.717) is 36.7 Å². The van der Waals surface area contributed by atoms with Gasteiger partial charge in [-0.15, -0.1) is 28.6 Å². The highest BCUT2D eigenvalue weighted by Crippen LogP contribution is 2.38. The smallest absolute Gasteiger partial charge is 0.156 e. The number of benzene rings is 2. The molecule has 0 radical (unpaired) electrons. The molecule has 140 valence electrons. The second kappa shape index (κ2) is 9.93. The van der Waals surface area contributed by atoms with E-state index in [1.165, 1.54) is 0 Å². The van der Waals surface area contributed by atoms with Crippen molar-refractivity contribution < 1.29 is 0 Å². The predicted molar refractivity (Wildman–Crippen MR) is 119 cm³/mol. The lowest BCUT2D eigenvalue weighted by atomic mass is 10.2. The maximum atomic E-state index is 6.29. The number of rotatable bonds is 6. The van der Waals surface area contributed by atoms with Gasteiger partial charge in [-0.3, -0.25) is 0 Å². The van der Waals surface area contributed by atoms with Gasteiger partial charge in [-0.2, -0.15) is 5.10 Å². The summed E-state index contributed by atoms with van der Waals surface area (Å²) in [6, 6.07) is 11.2. The molecule has 1 heterocycles. The summed E-state index contributed by atoms with van der Waals surface area (Å²) >= 11 is 33.6. The van der Waals surface area contributed by atoms with Crippen molar-refractivity contribution in [2.75, 3.05) is 0 Å². The SMILES string of the molecule is Clc1ccc(CSc2cnnc(Cl)c2SCc2ccc(Cl)c(Cl)c2)cc1Cl. The lowest BCUT2D eigenvalue weighted by molar-refractivity contribution is 0.944. The van der Waals surface area contributed by atoms with E-state index < -0.39 is 0 Å². The Morgan fingerprint density at radius 3 is 1.81 bits per heavy atom. The molecule has 0 fully saturated rings. The molecule has 0 saturated carbocycles. The van der Waals surface area contributed by atoms with E-state index in [4.69, 9.17) is 58.0 Å². The van der Waals surface area contributed by atoms with Gasteiger partial charge in [-0.05, 0) is 35.4 Å². The molecule has 0 amide bonds. The number of hydrogen-bond acceptors (Lipinski definition) is 4. The molecule has 0 aliphatic rings. The standard InChI is InChI=1S/C18H11Cl5N2S2/c19-12-3-1-10(5-14(12)21)8-26-16-7-24-25-18(23)17(16)27-9-11-2-4-13(20)15(22)6-11/h1-7H,8-9H2. The summed E-state index contributed by atoms with van der Waals surface area (Å²) in [5, 5.41) is 10.4. The molecule has 9 heteroatoms. The Balaban J connectivity index is 1.73. The van der Waals surface area contributed by atoms with Gasteiger partial charge in [0, 0.05) is 16.4 Å². The fourth-order valence-corrected chi connectivity index (χ4v) is 5.20. The number of hydrogen-bond donors (Lipinski definition) is 0. The molecule has 0 bridgehead atoms. The van der Waals surface area contributed by atoms with Gasteiger partial charge in [0.25, 0.3) is 0 Å². The Morgan fingerprint density at radius 1 is 0.704 bits per heavy atom. The van der Waals surface area contributed by atoms with E-state index in [1.54, 1.807) is 41.9 Å². The van der Waals surface area contributed by atoms with E-state index >= 15 is 0 Å². The van der Waals surface area contributed by atoms with Crippen molar-refractivity contribution in [3.05, 3.63) is 79.0 Å². The maximum Gasteiger partial charge on any atom is 0.166 e. The molecule has 0 atom stereocenters. The van der Waals surface area contributed by atoms with Gasteiger partial charge in [0.05, 0.1) is 31.2 Å². The highest BCUT2D eigenvalue weighted by molar-refractivity contribution is 8.01. The Hall–Kier alpha value is -0.330. The second-order valence-electron chi connectivity index (χ2n) is 5.40. The molecule has 0 aliphatic heterocycles. The normalized spacial score (nSPS) is 11.0. The molecule has 3 rings (SSSR count). The van der Waals surface area contributed by atoms with E-state index in [0.717, 1.165) is 20.9 Å². The second-order valence-corrected chi connectivity index (χ2v) is 9.39. The summed E-state index contributed by atoms with van der Waals surface area (Å²) in [6.07, 6.45) is 1.71. The average molecular weight is 497 g/mol. The van der Waals surface area contributed by atoms with Gasteiger partial charge in [0.15, 0.2) is 5.15 Å². The summed E-state index contributed by atoms with van der Waals surface area (Å²) in [7, 11) is 0. The van der Waals surface area contributed by atoms with Crippen molar-refractivity contribution in [3.8, 4) is 0 Å². The fraction of sp³-hybridized carbons (Fsp3) is 0.111. The Morgan fingerprint density at radius 2 is 1.26 bits per heavy atom. The first-order chi connectivity index (χ1) is 12.9. The zero-order chi connectivity index (χ0) is 19.4. The molecular formula is C18H11Cl5N2S2. The van der Waals surface area contributed by atoms with E-state index in [9.17, 15) is 0 Å². The van der Waals surface area contributed by atoms with Gasteiger partial charge in [-0.25, -0.2) is 0 Å². The number of nitrogens with zero attached hydrogens (tertiary/aromatic N) is 2. The van der Waals surface area contributed by atoms with Crippen LogP contribution in [0.3, 0.4) is 0 Å². The highest BCUT2D eigenvalue weighted by Gasteiger charge is 2.12. The maximum absolute atomic E-state index is 6.29. The van der Waals surface area contributed by atoms with Crippen LogP contribution in [0.4, 0.5) is 0 Å². The molecule has 3 aromatic rings. The third-order valence-electron chi connectivity index (χ3n) is 3.48. The first-order valence-corrected chi connectivity index (χ1v) is 11.4. The van der Waals surface area contributed by atoms with Crippen LogP contribution < -0.4 is 0 Å². The number of halogens is 5. The van der Waals surface area contributed by atoms with Crippen LogP contribution in [0.5, 0.6) is 0 Å². The largest absolute Gasteiger partial charge is 0.166 e. The van der Waals surface area contributed by atoms with Crippen molar-refractivity contribution in [2.24, 2.45) is 0 Å². The molecule has 0 saturated heterocycles. The quantitative estimate of drug-likeness (QED) is 0.320. The van der Waals surface area contributed by atoms with Gasteiger partial charge in [0.2, 0.25) is 0 Å². The summed E-state index contributed by atoms with van der Waals surface area (Å²) in [5.41, 5.74) is 2.10. The van der Waals surface area contributed by atoms with Crippen LogP contribution in [0.1, 0.15) is 11.1 Å². The zero-order valence-electron chi connectivity index (χ0n) is 13.6. The molecule has 2 nitrogen and oxygen atoms in total. The lowest BCUT2D eigenvalue weighted by Gasteiger charge is -2.10. The van der Waals surface area contributed by atoms with Crippen molar-refractivity contribution in [2.45, 2.75) is 21.3 Å². The molecule has 1 aromatic heterocycles. The first kappa shape index (κ1) is 21.4. The van der Waals surface area contributed by atoms with Crippen molar-refractivity contribution >= 4 is 81.5 Å². The predicted octanol–water partition coefficient (Wildman–Crippen LogP) is 8.33. The lowest BCUT2D eigenvalue weighted by Crippen LogP contribution is -1.91. The Labute approximate surface area is 190 Å². The van der Waals surface area contributed by atoms with Gasteiger partial charge < -0.3 is 0 Å². The Bertz CT molecular complexity index is 968. The van der Waals surface area contributed by atoms with Crippen LogP contribution in [0.15, 0.2) is 52.4 Å². The van der Waals surface area contributed by atoms with Gasteiger partial charge >= 0.3 is 0 Å². The zero-order valence-corrected chi connectivity index (χ0v) is 19.0. The minimum atomic E-state index is 0.374. The molecule has 0 aliphatic carbocycles. The van der Waals surface area contributed by atoms with Crippen LogP contribution >= 0.6 is 81.5 Å². The third-order valence-corrected chi connectivity index (χ3v) is 7.74. The minimum absolute atomic E-state index is 0.374. The average Bonchev–Trinajstić information content (AvgIpc) is 2.64. The van der Waals surface area contributed by atoms with Crippen LogP contribution in [-0.2, 0) is 11.5 Å². The molecule has 0 spiro atoms. The van der Waals surface area contributed by atoms with Crippen LogP contribution in [-0.4, -0.2) is 10.2 Å². The topological polar surface area (TPSA) is 25.8 Å². The molecule has 27 heavy (non-hydrogen) atoms. The highest BCUT2D eigenvalue weighted by atomic mass is 35.5. The first-order valence-electron chi connectivity index (χ1n) is 7.58. The van der Waals surface area contributed by atoms with E-state index in [1.807, 2.05) is 24.3 Å². The van der Waals surface area contributed by atoms with Crippen LogP contribution in [0, 0.1) is 0 Å². The number of aromatic nitrogens is 2. The Kier molecular flexibility index (Phi) is 7.86. The van der Waals surface area contributed by atoms with Crippen molar-refractivity contribution in [3.63, 3.8) is 0 Å². The summed E-state index contributed by atoms with van der Waals surface area (Å²) in [5.74, 6) is 1.39. The monoisotopic (exact) mass is 494 g/mol. The number of thioether (sulfide) groups is 2. The molecule has 2 aromatic carbocycles. The van der Waals surface area contributed by atoms with Crippen molar-refractivity contribution in [1.29, 1.82) is 0 Å². The molecular weight excluding hydrogens is 486 g/mol. The van der Waals surface area contributed by atoms with Crippen LogP contribution in [0.2, 0.25) is 25.2 Å². The van der Waals surface area contributed by atoms with Gasteiger partial charge in [-0.1, -0.05) is 70.1 Å². The molecule has 0 unspecified atom stereocenters. The van der Waals surface area contributed by atoms with E-state index in [-0.39, 0.29) is 0 Å². The minimum Gasteiger partial charge on any atom is -0.156 e. The fourth-order valence-electron chi connectivity index (χ4n) is 2.15. The summed E-state index contributed by atoms with van der Waals surface area (Å²) in [6.45, 7) is 0. The summed E-state index contributed by atoms with van der Waals surface area (Å²) < 4.78 is 0. The van der Waals surface area contributed by atoms with Crippen LogP contribution in [0.25, 0.3) is 0 Å².